The van der Waals surface area contributed by atoms with Gasteiger partial charge in [0.25, 0.3) is 0 Å². The Kier molecular flexibility index (Phi) is 6.07. The van der Waals surface area contributed by atoms with E-state index in [4.69, 9.17) is 9.47 Å². The molecule has 2 aromatic carbocycles. The largest absolute Gasteiger partial charge is 0.513 e. The van der Waals surface area contributed by atoms with Gasteiger partial charge in [-0.05, 0) is 75.3 Å². The van der Waals surface area contributed by atoms with Crippen molar-refractivity contribution in [2.75, 3.05) is 7.11 Å². The Morgan fingerprint density at radius 3 is 2.68 bits per heavy atom. The Hall–Kier alpha value is -1.28. The quantitative estimate of drug-likeness (QED) is 0.350. The first kappa shape index (κ1) is 17.1. The Balaban J connectivity index is 2.19. The summed E-state index contributed by atoms with van der Waals surface area (Å²) in [5.41, 5.74) is 1.93. The number of aryl methyl sites for hydroxylation is 1. The highest BCUT2D eigenvalue weighted by molar-refractivity contribution is 14.1. The van der Waals surface area contributed by atoms with Gasteiger partial charge in [0.15, 0.2) is 0 Å². The molecule has 6 heteroatoms. The molecular weight excluding hydrogens is 463 g/mol. The molecule has 0 N–H and O–H groups in total. The third kappa shape index (κ3) is 4.36. The summed E-state index contributed by atoms with van der Waals surface area (Å²) in [6, 6.07) is 11.3. The van der Waals surface area contributed by atoms with Crippen LogP contribution in [0.2, 0.25) is 0 Å². The number of ether oxygens (including phenoxy) is 3. The molecule has 0 aromatic heterocycles. The standard InChI is InChI=1S/C16H14BrIO4/c1-10-6-7-15(12(17)8-10)21-9-11-13(18)4-3-5-14(11)22-16(19)20-2/h3-8H,9H2,1-2H3. The van der Waals surface area contributed by atoms with E-state index in [0.29, 0.717) is 5.75 Å². The van der Waals surface area contributed by atoms with Gasteiger partial charge in [0.05, 0.1) is 11.6 Å². The molecule has 0 aliphatic heterocycles. The van der Waals surface area contributed by atoms with Gasteiger partial charge in [-0.15, -0.1) is 0 Å². The smallest absolute Gasteiger partial charge is 0.488 e. The van der Waals surface area contributed by atoms with Gasteiger partial charge >= 0.3 is 6.16 Å². The maximum Gasteiger partial charge on any atom is 0.513 e. The van der Waals surface area contributed by atoms with E-state index in [-0.39, 0.29) is 6.61 Å². The van der Waals surface area contributed by atoms with E-state index in [1.807, 2.05) is 37.3 Å². The lowest BCUT2D eigenvalue weighted by Crippen LogP contribution is -2.10. The second-order valence-electron chi connectivity index (χ2n) is 4.50. The van der Waals surface area contributed by atoms with Crippen LogP contribution in [0.15, 0.2) is 40.9 Å². The average molecular weight is 477 g/mol. The third-order valence-electron chi connectivity index (χ3n) is 2.90. The lowest BCUT2D eigenvalue weighted by Gasteiger charge is -2.13. The lowest BCUT2D eigenvalue weighted by molar-refractivity contribution is 0.120. The van der Waals surface area contributed by atoms with Gasteiger partial charge in [0.1, 0.15) is 18.1 Å². The fraction of sp³-hybridized carbons (Fsp3) is 0.188. The van der Waals surface area contributed by atoms with Crippen molar-refractivity contribution >= 4 is 44.7 Å². The number of hydrogen-bond donors (Lipinski definition) is 0. The maximum atomic E-state index is 11.3. The minimum absolute atomic E-state index is 0.285. The fourth-order valence-corrected chi connectivity index (χ4v) is 3.02. The van der Waals surface area contributed by atoms with Crippen LogP contribution < -0.4 is 9.47 Å². The number of carbonyl (C=O) groups is 1. The molecule has 0 radical (unpaired) electrons. The van der Waals surface area contributed by atoms with Crippen molar-refractivity contribution in [1.29, 1.82) is 0 Å². The minimum Gasteiger partial charge on any atom is -0.488 e. The zero-order chi connectivity index (χ0) is 16.1. The molecule has 4 nitrogen and oxygen atoms in total. The van der Waals surface area contributed by atoms with Crippen molar-refractivity contribution in [3.05, 3.63) is 55.6 Å². The van der Waals surface area contributed by atoms with Crippen LogP contribution in [0.3, 0.4) is 0 Å². The summed E-state index contributed by atoms with van der Waals surface area (Å²) in [6.07, 6.45) is -0.750. The Bertz CT molecular complexity index is 688. The Morgan fingerprint density at radius 2 is 2.00 bits per heavy atom. The first-order chi connectivity index (χ1) is 10.5. The predicted octanol–water partition coefficient (Wildman–Crippen LogP) is 5.09. The summed E-state index contributed by atoms with van der Waals surface area (Å²) in [5, 5.41) is 0. The van der Waals surface area contributed by atoms with Crippen LogP contribution in [0.25, 0.3) is 0 Å². The van der Waals surface area contributed by atoms with Gasteiger partial charge in [-0.3, -0.25) is 0 Å². The number of halogens is 2. The van der Waals surface area contributed by atoms with E-state index in [0.717, 1.165) is 24.9 Å². The summed E-state index contributed by atoms with van der Waals surface area (Å²) < 4.78 is 17.3. The number of rotatable bonds is 4. The van der Waals surface area contributed by atoms with Crippen molar-refractivity contribution in [3.63, 3.8) is 0 Å². The SMILES string of the molecule is COC(=O)Oc1cccc(I)c1COc1ccc(C)cc1Br. The van der Waals surface area contributed by atoms with Crippen LogP contribution in [0.4, 0.5) is 4.79 Å². The molecule has 0 aliphatic carbocycles. The van der Waals surface area contributed by atoms with Crippen molar-refractivity contribution in [1.82, 2.24) is 0 Å². The number of hydrogen-bond acceptors (Lipinski definition) is 4. The summed E-state index contributed by atoms with van der Waals surface area (Å²) in [4.78, 5) is 11.3. The molecule has 2 rings (SSSR count). The van der Waals surface area contributed by atoms with Gasteiger partial charge in [-0.25, -0.2) is 4.79 Å². The summed E-state index contributed by atoms with van der Waals surface area (Å²) in [7, 11) is 1.27. The average Bonchev–Trinajstić information content (AvgIpc) is 2.48. The molecule has 0 spiro atoms. The number of methoxy groups -OCH3 is 1. The second kappa shape index (κ2) is 7.82. The van der Waals surface area contributed by atoms with E-state index in [1.54, 1.807) is 6.07 Å². The molecule has 0 amide bonds. The molecule has 0 aliphatic rings. The van der Waals surface area contributed by atoms with Crippen LogP contribution in [0, 0.1) is 10.5 Å². The van der Waals surface area contributed by atoms with Crippen molar-refractivity contribution in [2.24, 2.45) is 0 Å². The highest BCUT2D eigenvalue weighted by Crippen LogP contribution is 2.30. The molecule has 0 saturated carbocycles. The van der Waals surface area contributed by atoms with Crippen LogP contribution in [-0.2, 0) is 11.3 Å². The van der Waals surface area contributed by atoms with E-state index >= 15 is 0 Å². The predicted molar refractivity (Wildman–Crippen MR) is 95.4 cm³/mol. The van der Waals surface area contributed by atoms with Crippen LogP contribution >= 0.6 is 38.5 Å². The van der Waals surface area contributed by atoms with Crippen molar-refractivity contribution in [3.8, 4) is 11.5 Å². The highest BCUT2D eigenvalue weighted by Gasteiger charge is 2.13. The molecular formula is C16H14BrIO4. The molecule has 0 bridgehead atoms. The highest BCUT2D eigenvalue weighted by atomic mass is 127. The van der Waals surface area contributed by atoms with Gasteiger partial charge in [-0.1, -0.05) is 12.1 Å². The Labute approximate surface area is 151 Å². The van der Waals surface area contributed by atoms with Crippen LogP contribution in [-0.4, -0.2) is 13.3 Å². The normalized spacial score (nSPS) is 10.2. The van der Waals surface area contributed by atoms with E-state index in [1.165, 1.54) is 7.11 Å². The van der Waals surface area contributed by atoms with Gasteiger partial charge in [0.2, 0.25) is 0 Å². The second-order valence-corrected chi connectivity index (χ2v) is 6.51. The molecule has 0 saturated heterocycles. The molecule has 2 aromatic rings. The van der Waals surface area contributed by atoms with Crippen molar-refractivity contribution < 1.29 is 19.0 Å². The number of carbonyl (C=O) groups excluding carboxylic acids is 1. The maximum absolute atomic E-state index is 11.3. The molecule has 0 fully saturated rings. The molecule has 22 heavy (non-hydrogen) atoms. The topological polar surface area (TPSA) is 44.8 Å². The first-order valence-corrected chi connectivity index (χ1v) is 8.30. The monoisotopic (exact) mass is 476 g/mol. The van der Waals surface area contributed by atoms with Gasteiger partial charge in [0, 0.05) is 9.13 Å². The molecule has 0 atom stereocenters. The Morgan fingerprint density at radius 1 is 1.23 bits per heavy atom. The lowest BCUT2D eigenvalue weighted by atomic mass is 10.2. The van der Waals surface area contributed by atoms with Gasteiger partial charge < -0.3 is 14.2 Å². The van der Waals surface area contributed by atoms with Crippen LogP contribution in [0.1, 0.15) is 11.1 Å². The summed E-state index contributed by atoms with van der Waals surface area (Å²) >= 11 is 5.65. The fourth-order valence-electron chi connectivity index (χ4n) is 1.78. The molecule has 0 heterocycles. The van der Waals surface area contributed by atoms with E-state index in [2.05, 4.69) is 43.3 Å². The third-order valence-corrected chi connectivity index (χ3v) is 4.53. The zero-order valence-electron chi connectivity index (χ0n) is 12.1. The zero-order valence-corrected chi connectivity index (χ0v) is 15.8. The van der Waals surface area contributed by atoms with E-state index < -0.39 is 6.16 Å². The van der Waals surface area contributed by atoms with E-state index in [9.17, 15) is 4.79 Å². The minimum atomic E-state index is -0.750. The number of benzene rings is 2. The molecule has 116 valence electrons. The summed E-state index contributed by atoms with van der Waals surface area (Å²) in [6.45, 7) is 2.30. The summed E-state index contributed by atoms with van der Waals surface area (Å²) in [5.74, 6) is 1.16. The van der Waals surface area contributed by atoms with Crippen molar-refractivity contribution in [2.45, 2.75) is 13.5 Å². The molecule has 0 unspecified atom stereocenters. The van der Waals surface area contributed by atoms with Crippen LogP contribution in [0.5, 0.6) is 11.5 Å². The first-order valence-electron chi connectivity index (χ1n) is 6.43. The van der Waals surface area contributed by atoms with Gasteiger partial charge in [-0.2, -0.15) is 0 Å².